The van der Waals surface area contributed by atoms with Crippen LogP contribution in [0.25, 0.3) is 0 Å². The third kappa shape index (κ3) is 4.15. The van der Waals surface area contributed by atoms with Crippen molar-refractivity contribution in [3.63, 3.8) is 0 Å². The van der Waals surface area contributed by atoms with Gasteiger partial charge in [0.15, 0.2) is 0 Å². The van der Waals surface area contributed by atoms with Gasteiger partial charge in [-0.15, -0.1) is 0 Å². The first-order valence-electron chi connectivity index (χ1n) is 6.73. The predicted octanol–water partition coefficient (Wildman–Crippen LogP) is -1.21. The summed E-state index contributed by atoms with van der Waals surface area (Å²) < 4.78 is 0. The van der Waals surface area contributed by atoms with E-state index in [1.807, 2.05) is 0 Å². The third-order valence-electron chi connectivity index (χ3n) is 3.65. The summed E-state index contributed by atoms with van der Waals surface area (Å²) in [6.07, 6.45) is 2.52. The number of likely N-dealkylation sites (tertiary alicyclic amines) is 1. The summed E-state index contributed by atoms with van der Waals surface area (Å²) in [6, 6.07) is -0.291. The summed E-state index contributed by atoms with van der Waals surface area (Å²) in [5.41, 5.74) is 0. The number of carbonyl (C=O) groups excluding carboxylic acids is 2. The number of urea groups is 1. The molecule has 2 rings (SSSR count). The zero-order valence-corrected chi connectivity index (χ0v) is 10.8. The van der Waals surface area contributed by atoms with Crippen LogP contribution in [0.2, 0.25) is 0 Å². The van der Waals surface area contributed by atoms with Gasteiger partial charge in [-0.05, 0) is 12.8 Å². The first-order chi connectivity index (χ1) is 9.04. The minimum atomic E-state index is -0.819. The van der Waals surface area contributed by atoms with Gasteiger partial charge in [0.25, 0.3) is 0 Å². The summed E-state index contributed by atoms with van der Waals surface area (Å²) >= 11 is 0. The molecule has 2 fully saturated rings. The van der Waals surface area contributed by atoms with Gasteiger partial charge in [-0.25, -0.2) is 4.79 Å². The van der Waals surface area contributed by atoms with E-state index in [0.29, 0.717) is 0 Å². The van der Waals surface area contributed by atoms with Gasteiger partial charge in [0.1, 0.15) is 0 Å². The van der Waals surface area contributed by atoms with Crippen molar-refractivity contribution in [1.29, 1.82) is 0 Å². The second-order valence-corrected chi connectivity index (χ2v) is 5.33. The molecule has 7 nitrogen and oxygen atoms in total. The van der Waals surface area contributed by atoms with Crippen molar-refractivity contribution in [1.82, 2.24) is 15.5 Å². The molecule has 1 saturated heterocycles. The Morgan fingerprint density at radius 1 is 1.11 bits per heavy atom. The van der Waals surface area contributed by atoms with Gasteiger partial charge in [0.2, 0.25) is 5.91 Å². The zero-order valence-electron chi connectivity index (χ0n) is 10.8. The maximum atomic E-state index is 11.6. The molecule has 7 heteroatoms. The summed E-state index contributed by atoms with van der Waals surface area (Å²) in [4.78, 5) is 24.8. The van der Waals surface area contributed by atoms with Crippen LogP contribution in [0.15, 0.2) is 0 Å². The lowest BCUT2D eigenvalue weighted by Crippen LogP contribution is -2.46. The monoisotopic (exact) mass is 271 g/mol. The second-order valence-electron chi connectivity index (χ2n) is 5.33. The van der Waals surface area contributed by atoms with Crippen molar-refractivity contribution in [2.75, 3.05) is 19.6 Å². The van der Waals surface area contributed by atoms with Crippen LogP contribution < -0.4 is 10.6 Å². The van der Waals surface area contributed by atoms with Crippen LogP contribution in [0, 0.1) is 0 Å². The number of nitrogens with one attached hydrogen (secondary N) is 2. The molecule has 0 bridgehead atoms. The molecule has 19 heavy (non-hydrogen) atoms. The lowest BCUT2D eigenvalue weighted by molar-refractivity contribution is -0.121. The fourth-order valence-corrected chi connectivity index (χ4v) is 2.64. The topological polar surface area (TPSA) is 102 Å². The highest BCUT2D eigenvalue weighted by molar-refractivity contribution is 5.95. The number of hydrogen-bond donors (Lipinski definition) is 4. The van der Waals surface area contributed by atoms with Crippen LogP contribution >= 0.6 is 0 Å². The highest BCUT2D eigenvalue weighted by atomic mass is 16.3. The van der Waals surface area contributed by atoms with E-state index in [1.54, 1.807) is 4.90 Å². The van der Waals surface area contributed by atoms with E-state index in [-0.39, 0.29) is 25.7 Å². The fourth-order valence-electron chi connectivity index (χ4n) is 2.64. The van der Waals surface area contributed by atoms with Crippen LogP contribution in [-0.2, 0) is 4.79 Å². The van der Waals surface area contributed by atoms with Gasteiger partial charge >= 0.3 is 6.03 Å². The number of carbonyl (C=O) groups is 2. The molecule has 0 radical (unpaired) electrons. The van der Waals surface area contributed by atoms with E-state index in [1.165, 1.54) is 0 Å². The molecule has 1 saturated carbocycles. The number of nitrogens with zero attached hydrogens (tertiary/aromatic N) is 1. The van der Waals surface area contributed by atoms with E-state index < -0.39 is 24.1 Å². The minimum Gasteiger partial charge on any atom is -0.389 e. The van der Waals surface area contributed by atoms with Gasteiger partial charge < -0.3 is 15.5 Å². The third-order valence-corrected chi connectivity index (χ3v) is 3.65. The molecule has 2 aliphatic rings. The molecule has 0 aromatic heterocycles. The summed E-state index contributed by atoms with van der Waals surface area (Å²) in [6.45, 7) is 0.504. The minimum absolute atomic E-state index is 0.00616. The number of imide groups is 1. The standard InChI is InChI=1S/C12H21N3O4/c16-9-5-15(6-10(9)17)7-11(18)14-12(19)13-8-3-1-2-4-8/h8-10,16-17H,1-7H2,(H2,13,14,18,19)/t9-,10+. The lowest BCUT2D eigenvalue weighted by Gasteiger charge is -2.15. The van der Waals surface area contributed by atoms with Crippen molar-refractivity contribution in [3.05, 3.63) is 0 Å². The summed E-state index contributed by atoms with van der Waals surface area (Å²) in [5, 5.41) is 23.7. The molecule has 2 atom stereocenters. The maximum absolute atomic E-state index is 11.6. The number of hydrogen-bond acceptors (Lipinski definition) is 5. The van der Waals surface area contributed by atoms with Gasteiger partial charge in [-0.2, -0.15) is 0 Å². The Kier molecular flexibility index (Phi) is 4.73. The summed E-state index contributed by atoms with van der Waals surface area (Å²) in [7, 11) is 0. The van der Waals surface area contributed by atoms with Crippen molar-refractivity contribution in [2.24, 2.45) is 0 Å². The predicted molar refractivity (Wildman–Crippen MR) is 67.4 cm³/mol. The molecule has 1 aliphatic heterocycles. The van der Waals surface area contributed by atoms with Crippen LogP contribution in [0.5, 0.6) is 0 Å². The molecule has 0 unspecified atom stereocenters. The van der Waals surface area contributed by atoms with Crippen LogP contribution in [0.1, 0.15) is 25.7 Å². The number of aliphatic hydroxyl groups excluding tert-OH is 2. The molecule has 3 amide bonds. The van der Waals surface area contributed by atoms with Crippen LogP contribution in [-0.4, -0.2) is 64.9 Å². The number of aliphatic hydroxyl groups is 2. The highest BCUT2D eigenvalue weighted by Gasteiger charge is 2.30. The zero-order chi connectivity index (χ0) is 13.8. The molecule has 0 spiro atoms. The van der Waals surface area contributed by atoms with Gasteiger partial charge in [0, 0.05) is 19.1 Å². The Morgan fingerprint density at radius 3 is 2.26 bits per heavy atom. The smallest absolute Gasteiger partial charge is 0.321 e. The first-order valence-corrected chi connectivity index (χ1v) is 6.73. The first kappa shape index (κ1) is 14.2. The van der Waals surface area contributed by atoms with Crippen molar-refractivity contribution < 1.29 is 19.8 Å². The quantitative estimate of drug-likeness (QED) is 0.516. The van der Waals surface area contributed by atoms with Crippen molar-refractivity contribution in [3.8, 4) is 0 Å². The van der Waals surface area contributed by atoms with E-state index in [9.17, 15) is 19.8 Å². The van der Waals surface area contributed by atoms with E-state index >= 15 is 0 Å². The number of rotatable bonds is 3. The average Bonchev–Trinajstić information content (AvgIpc) is 2.90. The van der Waals surface area contributed by atoms with Gasteiger partial charge in [0.05, 0.1) is 18.8 Å². The Bertz CT molecular complexity index is 334. The molecule has 4 N–H and O–H groups in total. The van der Waals surface area contributed by atoms with E-state index in [2.05, 4.69) is 10.6 Å². The Balaban J connectivity index is 1.67. The maximum Gasteiger partial charge on any atom is 0.321 e. The van der Waals surface area contributed by atoms with E-state index in [0.717, 1.165) is 25.7 Å². The lowest BCUT2D eigenvalue weighted by atomic mass is 10.2. The molecule has 0 aromatic rings. The van der Waals surface area contributed by atoms with Gasteiger partial charge in [-0.3, -0.25) is 15.0 Å². The van der Waals surface area contributed by atoms with Gasteiger partial charge in [-0.1, -0.05) is 12.8 Å². The second kappa shape index (κ2) is 6.31. The van der Waals surface area contributed by atoms with Crippen LogP contribution in [0.3, 0.4) is 0 Å². The number of amides is 3. The van der Waals surface area contributed by atoms with E-state index in [4.69, 9.17) is 0 Å². The van der Waals surface area contributed by atoms with Crippen molar-refractivity contribution in [2.45, 2.75) is 43.9 Å². The SMILES string of the molecule is O=C(CN1C[C@@H](O)[C@@H](O)C1)NC(=O)NC1CCCC1. The molecular formula is C12H21N3O4. The molecule has 0 aromatic carbocycles. The fraction of sp³-hybridized carbons (Fsp3) is 0.833. The Morgan fingerprint density at radius 2 is 1.68 bits per heavy atom. The Hall–Kier alpha value is -1.18. The molecule has 108 valence electrons. The molecule has 1 aliphatic carbocycles. The highest BCUT2D eigenvalue weighted by Crippen LogP contribution is 2.17. The Labute approximate surface area is 112 Å². The summed E-state index contributed by atoms with van der Waals surface area (Å²) in [5.74, 6) is -0.420. The average molecular weight is 271 g/mol. The van der Waals surface area contributed by atoms with Crippen molar-refractivity contribution >= 4 is 11.9 Å². The molecule has 1 heterocycles. The van der Waals surface area contributed by atoms with Crippen LogP contribution in [0.4, 0.5) is 4.79 Å². The molecular weight excluding hydrogens is 250 g/mol. The largest absolute Gasteiger partial charge is 0.389 e. The number of β-amino-alcohol motifs (C(OH)–C–C–N with tert-alkyl or cyclic N) is 2. The normalized spacial score (nSPS) is 28.5.